The van der Waals surface area contributed by atoms with Gasteiger partial charge in [-0.15, -0.1) is 0 Å². The van der Waals surface area contributed by atoms with Gasteiger partial charge in [-0.25, -0.2) is 4.79 Å². The summed E-state index contributed by atoms with van der Waals surface area (Å²) in [4.78, 5) is 26.9. The Bertz CT molecular complexity index is 457. The molecule has 1 saturated carbocycles. The Labute approximate surface area is 92.5 Å². The van der Waals surface area contributed by atoms with Crippen molar-refractivity contribution >= 4 is 0 Å². The molecule has 0 amide bonds. The Morgan fingerprint density at radius 1 is 1.25 bits per heavy atom. The number of H-pyrrole nitrogens is 2. The molecule has 2 rings (SSSR count). The summed E-state index contributed by atoms with van der Waals surface area (Å²) in [5.41, 5.74) is -0.752. The lowest BCUT2D eigenvalue weighted by molar-refractivity contribution is 0.0832. The van der Waals surface area contributed by atoms with Crippen LogP contribution in [0, 0.1) is 5.92 Å². The molecular weight excluding hydrogens is 208 g/mol. The molecule has 16 heavy (non-hydrogen) atoms. The van der Waals surface area contributed by atoms with E-state index in [1.165, 1.54) is 12.6 Å². The molecule has 0 spiro atoms. The van der Waals surface area contributed by atoms with Gasteiger partial charge in [0, 0.05) is 6.20 Å². The Balaban J connectivity index is 2.22. The van der Waals surface area contributed by atoms with Crippen molar-refractivity contribution in [2.45, 2.75) is 38.2 Å². The largest absolute Gasteiger partial charge is 0.388 e. The zero-order chi connectivity index (χ0) is 11.5. The first-order valence-corrected chi connectivity index (χ1v) is 5.68. The summed E-state index contributed by atoms with van der Waals surface area (Å²) in [5, 5.41) is 10.1. The van der Waals surface area contributed by atoms with E-state index in [1.807, 2.05) is 0 Å². The van der Waals surface area contributed by atoms with Crippen LogP contribution in [0.15, 0.2) is 15.8 Å². The summed E-state index contributed by atoms with van der Waals surface area (Å²) in [6.45, 7) is 0. The molecule has 1 aliphatic rings. The maximum absolute atomic E-state index is 11.5. The number of aromatic amines is 2. The highest BCUT2D eigenvalue weighted by atomic mass is 16.3. The highest BCUT2D eigenvalue weighted by Gasteiger charge is 2.25. The topological polar surface area (TPSA) is 85.9 Å². The molecule has 0 saturated heterocycles. The maximum atomic E-state index is 11.5. The number of aliphatic hydroxyl groups is 1. The quantitative estimate of drug-likeness (QED) is 0.690. The van der Waals surface area contributed by atoms with Crippen LogP contribution in [-0.2, 0) is 0 Å². The van der Waals surface area contributed by atoms with Crippen molar-refractivity contribution in [3.8, 4) is 0 Å². The molecule has 1 aromatic rings. The standard InChI is InChI=1S/C11H16N2O3/c14-9(7-4-2-1-3-5-7)8-6-12-11(16)13-10(8)15/h6-7,9,14H,1-5H2,(H2,12,13,15,16). The van der Waals surface area contributed by atoms with Crippen LogP contribution in [0.25, 0.3) is 0 Å². The molecule has 0 radical (unpaired) electrons. The fourth-order valence-electron chi connectivity index (χ4n) is 2.34. The van der Waals surface area contributed by atoms with E-state index in [0.29, 0.717) is 0 Å². The summed E-state index contributed by atoms with van der Waals surface area (Å²) >= 11 is 0. The predicted octanol–water partition coefficient (Wildman–Crippen LogP) is 0.677. The molecule has 0 bridgehead atoms. The van der Waals surface area contributed by atoms with E-state index in [1.54, 1.807) is 0 Å². The van der Waals surface area contributed by atoms with Crippen LogP contribution in [-0.4, -0.2) is 15.1 Å². The van der Waals surface area contributed by atoms with Crippen LogP contribution in [0.2, 0.25) is 0 Å². The first-order chi connectivity index (χ1) is 7.68. The van der Waals surface area contributed by atoms with Crippen molar-refractivity contribution in [2.24, 2.45) is 5.92 Å². The van der Waals surface area contributed by atoms with Gasteiger partial charge in [0.05, 0.1) is 11.7 Å². The fourth-order valence-corrected chi connectivity index (χ4v) is 2.34. The van der Waals surface area contributed by atoms with Crippen molar-refractivity contribution in [3.63, 3.8) is 0 Å². The third kappa shape index (κ3) is 2.24. The van der Waals surface area contributed by atoms with Gasteiger partial charge in [0.15, 0.2) is 0 Å². The Morgan fingerprint density at radius 3 is 2.56 bits per heavy atom. The number of hydrogen-bond acceptors (Lipinski definition) is 3. The zero-order valence-electron chi connectivity index (χ0n) is 9.03. The third-order valence-corrected chi connectivity index (χ3v) is 3.26. The summed E-state index contributed by atoms with van der Waals surface area (Å²) in [7, 11) is 0. The molecule has 1 unspecified atom stereocenters. The first kappa shape index (κ1) is 11.1. The van der Waals surface area contributed by atoms with E-state index in [2.05, 4.69) is 9.97 Å². The Hall–Kier alpha value is -1.36. The minimum Gasteiger partial charge on any atom is -0.388 e. The van der Waals surface area contributed by atoms with Gasteiger partial charge < -0.3 is 10.1 Å². The van der Waals surface area contributed by atoms with Crippen molar-refractivity contribution in [1.29, 1.82) is 0 Å². The number of hydrogen-bond donors (Lipinski definition) is 3. The molecule has 5 nitrogen and oxygen atoms in total. The van der Waals surface area contributed by atoms with Gasteiger partial charge in [-0.05, 0) is 18.8 Å². The SMILES string of the molecule is O=c1[nH]cc(C(O)C2CCCCC2)c(=O)[nH]1. The summed E-state index contributed by atoms with van der Waals surface area (Å²) in [6.07, 6.45) is 5.85. The highest BCUT2D eigenvalue weighted by molar-refractivity contribution is 5.08. The number of nitrogens with one attached hydrogen (secondary N) is 2. The molecule has 3 N–H and O–H groups in total. The average molecular weight is 224 g/mol. The van der Waals surface area contributed by atoms with Gasteiger partial charge in [0.2, 0.25) is 0 Å². The monoisotopic (exact) mass is 224 g/mol. The van der Waals surface area contributed by atoms with Crippen LogP contribution in [0.4, 0.5) is 0 Å². The predicted molar refractivity (Wildman–Crippen MR) is 59.2 cm³/mol. The molecule has 88 valence electrons. The first-order valence-electron chi connectivity index (χ1n) is 5.68. The summed E-state index contributed by atoms with van der Waals surface area (Å²) < 4.78 is 0. The number of aliphatic hydroxyl groups excluding tert-OH is 1. The van der Waals surface area contributed by atoms with Gasteiger partial charge in [-0.2, -0.15) is 0 Å². The van der Waals surface area contributed by atoms with Gasteiger partial charge in [0.25, 0.3) is 5.56 Å². The van der Waals surface area contributed by atoms with Gasteiger partial charge in [0.1, 0.15) is 0 Å². The molecule has 1 atom stereocenters. The number of rotatable bonds is 2. The molecule has 1 aromatic heterocycles. The van der Waals surface area contributed by atoms with Crippen molar-refractivity contribution in [1.82, 2.24) is 9.97 Å². The lowest BCUT2D eigenvalue weighted by Gasteiger charge is -2.25. The van der Waals surface area contributed by atoms with E-state index in [4.69, 9.17) is 0 Å². The minimum atomic E-state index is -0.763. The lowest BCUT2D eigenvalue weighted by atomic mass is 9.83. The molecule has 1 heterocycles. The normalized spacial score (nSPS) is 19.6. The van der Waals surface area contributed by atoms with Crippen LogP contribution >= 0.6 is 0 Å². The fraction of sp³-hybridized carbons (Fsp3) is 0.636. The summed E-state index contributed by atoms with van der Waals surface area (Å²) in [6, 6.07) is 0. The van der Waals surface area contributed by atoms with Crippen LogP contribution in [0.5, 0.6) is 0 Å². The van der Waals surface area contributed by atoms with E-state index in [0.717, 1.165) is 25.7 Å². The van der Waals surface area contributed by atoms with Crippen LogP contribution in [0.3, 0.4) is 0 Å². The van der Waals surface area contributed by atoms with Crippen LogP contribution < -0.4 is 11.2 Å². The Kier molecular flexibility index (Phi) is 3.24. The van der Waals surface area contributed by atoms with Gasteiger partial charge in [-0.1, -0.05) is 19.3 Å². The molecule has 0 aromatic carbocycles. The molecule has 1 fully saturated rings. The van der Waals surface area contributed by atoms with Gasteiger partial charge >= 0.3 is 5.69 Å². The van der Waals surface area contributed by atoms with Gasteiger partial charge in [-0.3, -0.25) is 9.78 Å². The lowest BCUT2D eigenvalue weighted by Crippen LogP contribution is -2.29. The van der Waals surface area contributed by atoms with E-state index >= 15 is 0 Å². The molecule has 0 aliphatic heterocycles. The van der Waals surface area contributed by atoms with Crippen molar-refractivity contribution in [3.05, 3.63) is 32.6 Å². The molecule has 5 heteroatoms. The second kappa shape index (κ2) is 4.65. The Morgan fingerprint density at radius 2 is 1.94 bits per heavy atom. The molecule has 1 aliphatic carbocycles. The van der Waals surface area contributed by atoms with E-state index < -0.39 is 17.4 Å². The average Bonchev–Trinajstić information content (AvgIpc) is 2.29. The van der Waals surface area contributed by atoms with Crippen LogP contribution in [0.1, 0.15) is 43.8 Å². The van der Waals surface area contributed by atoms with E-state index in [-0.39, 0.29) is 11.5 Å². The zero-order valence-corrected chi connectivity index (χ0v) is 9.03. The molecular formula is C11H16N2O3. The smallest absolute Gasteiger partial charge is 0.325 e. The van der Waals surface area contributed by atoms with Crippen molar-refractivity contribution in [2.75, 3.05) is 0 Å². The minimum absolute atomic E-state index is 0.140. The van der Waals surface area contributed by atoms with E-state index in [9.17, 15) is 14.7 Å². The van der Waals surface area contributed by atoms with Crippen molar-refractivity contribution < 1.29 is 5.11 Å². The number of aromatic nitrogens is 2. The second-order valence-corrected chi connectivity index (χ2v) is 4.37. The highest BCUT2D eigenvalue weighted by Crippen LogP contribution is 2.32. The second-order valence-electron chi connectivity index (χ2n) is 4.37. The maximum Gasteiger partial charge on any atom is 0.325 e. The third-order valence-electron chi connectivity index (χ3n) is 3.26. The summed E-state index contributed by atoms with van der Waals surface area (Å²) in [5.74, 6) is 0.140.